The van der Waals surface area contributed by atoms with E-state index >= 15 is 0 Å². The van der Waals surface area contributed by atoms with Gasteiger partial charge in [-0.1, -0.05) is 23.7 Å². The molecule has 190 valence electrons. The number of ether oxygens (including phenoxy) is 1. The Labute approximate surface area is 220 Å². The number of fused-ring (bicyclic) bond motifs is 1. The summed E-state index contributed by atoms with van der Waals surface area (Å²) in [6, 6.07) is 18.5. The fourth-order valence-corrected chi connectivity index (χ4v) is 6.15. The van der Waals surface area contributed by atoms with E-state index in [4.69, 9.17) is 16.3 Å². The molecule has 1 aromatic heterocycles. The van der Waals surface area contributed by atoms with E-state index in [1.165, 1.54) is 28.6 Å². The first-order valence-corrected chi connectivity index (χ1v) is 13.6. The summed E-state index contributed by atoms with van der Waals surface area (Å²) in [5, 5.41) is 3.32. The van der Waals surface area contributed by atoms with E-state index in [0.717, 1.165) is 11.0 Å². The molecule has 2 heterocycles. The van der Waals surface area contributed by atoms with Gasteiger partial charge in [-0.05, 0) is 68.4 Å². The van der Waals surface area contributed by atoms with Crippen molar-refractivity contribution in [2.45, 2.75) is 31.0 Å². The Morgan fingerprint density at radius 3 is 2.38 bits per heavy atom. The minimum absolute atomic E-state index is 0.133. The Hall–Kier alpha value is -3.37. The fraction of sp³-hybridized carbons (Fsp3) is 0.222. The average molecular weight is 537 g/mol. The zero-order valence-corrected chi connectivity index (χ0v) is 21.8. The molecule has 5 rings (SSSR count). The number of amides is 1. The summed E-state index contributed by atoms with van der Waals surface area (Å²) in [6.45, 7) is 4.27. The van der Waals surface area contributed by atoms with E-state index in [2.05, 4.69) is 15.3 Å². The van der Waals surface area contributed by atoms with Gasteiger partial charge in [0.2, 0.25) is 10.0 Å². The van der Waals surface area contributed by atoms with Gasteiger partial charge in [-0.15, -0.1) is 0 Å². The van der Waals surface area contributed by atoms with E-state index in [9.17, 15) is 13.2 Å². The number of para-hydroxylation sites is 2. The second kappa shape index (κ2) is 10.2. The van der Waals surface area contributed by atoms with Crippen molar-refractivity contribution in [3.63, 3.8) is 0 Å². The van der Waals surface area contributed by atoms with Crippen LogP contribution in [-0.4, -0.2) is 53.9 Å². The smallest absolute Gasteiger partial charge is 0.255 e. The molecular weight excluding hydrogens is 512 g/mol. The number of anilines is 1. The number of morpholine rings is 1. The average Bonchev–Trinajstić information content (AvgIpc) is 2.89. The minimum Gasteiger partial charge on any atom is -0.373 e. The number of nitrogens with one attached hydrogen (secondary N) is 1. The summed E-state index contributed by atoms with van der Waals surface area (Å²) < 4.78 is 33.2. The lowest BCUT2D eigenvalue weighted by atomic mass is 10.1. The SMILES string of the molecule is CC1CN(S(=O)(=O)c2ccc(C(=O)Nc3ccc(Cl)c(-c4cnc5ccccc5n4)c3)cc2)CC(C)O1. The van der Waals surface area contributed by atoms with Crippen LogP contribution < -0.4 is 5.32 Å². The van der Waals surface area contributed by atoms with Crippen LogP contribution in [0, 0.1) is 0 Å². The predicted octanol–water partition coefficient (Wildman–Crippen LogP) is 5.00. The molecule has 1 amide bonds. The van der Waals surface area contributed by atoms with E-state index in [0.29, 0.717) is 27.5 Å². The Bertz CT molecular complexity index is 1570. The number of halogens is 1. The van der Waals surface area contributed by atoms with E-state index in [-0.39, 0.29) is 36.1 Å². The van der Waals surface area contributed by atoms with Gasteiger partial charge in [-0.3, -0.25) is 9.78 Å². The topological polar surface area (TPSA) is 101 Å². The van der Waals surface area contributed by atoms with Gasteiger partial charge in [0.05, 0.1) is 45.1 Å². The zero-order valence-electron chi connectivity index (χ0n) is 20.3. The van der Waals surface area contributed by atoms with Gasteiger partial charge >= 0.3 is 0 Å². The van der Waals surface area contributed by atoms with Crippen LogP contribution in [0.4, 0.5) is 5.69 Å². The number of carbonyl (C=O) groups excluding carboxylic acids is 1. The molecule has 0 bridgehead atoms. The molecule has 3 aromatic carbocycles. The standard InChI is InChI=1S/C27H25ClN4O4S/c1-17-15-32(16-18(2)36-17)37(34,35)21-10-7-19(8-11-21)27(33)30-20-9-12-23(28)22(13-20)26-14-29-24-5-3-4-6-25(24)31-26/h3-14,17-18H,15-16H2,1-2H3,(H,30,33). The lowest BCUT2D eigenvalue weighted by Crippen LogP contribution is -2.48. The molecule has 10 heteroatoms. The highest BCUT2D eigenvalue weighted by molar-refractivity contribution is 7.89. The van der Waals surface area contributed by atoms with E-state index in [1.807, 2.05) is 38.1 Å². The van der Waals surface area contributed by atoms with Crippen molar-refractivity contribution in [2.75, 3.05) is 18.4 Å². The third-order valence-corrected chi connectivity index (χ3v) is 8.26. The minimum atomic E-state index is -3.69. The first-order chi connectivity index (χ1) is 17.7. The quantitative estimate of drug-likeness (QED) is 0.385. The highest BCUT2D eigenvalue weighted by Gasteiger charge is 2.32. The summed E-state index contributed by atoms with van der Waals surface area (Å²) >= 11 is 6.43. The van der Waals surface area contributed by atoms with Gasteiger partial charge in [0, 0.05) is 29.9 Å². The molecule has 0 radical (unpaired) electrons. The molecule has 2 atom stereocenters. The molecule has 0 saturated carbocycles. The van der Waals surface area contributed by atoms with Crippen molar-refractivity contribution >= 4 is 44.3 Å². The van der Waals surface area contributed by atoms with E-state index < -0.39 is 10.0 Å². The van der Waals surface area contributed by atoms with Gasteiger partial charge < -0.3 is 10.1 Å². The highest BCUT2D eigenvalue weighted by Crippen LogP contribution is 2.30. The number of sulfonamides is 1. The van der Waals surface area contributed by atoms with Crippen molar-refractivity contribution < 1.29 is 17.9 Å². The normalized spacial score (nSPS) is 18.6. The molecule has 1 fully saturated rings. The first kappa shape index (κ1) is 25.3. The van der Waals surface area contributed by atoms with Crippen molar-refractivity contribution in [1.82, 2.24) is 14.3 Å². The molecule has 0 spiro atoms. The first-order valence-electron chi connectivity index (χ1n) is 11.8. The summed E-state index contributed by atoms with van der Waals surface area (Å²) in [7, 11) is -3.69. The van der Waals surface area contributed by atoms with Crippen molar-refractivity contribution in [3.8, 4) is 11.3 Å². The van der Waals surface area contributed by atoms with Crippen LogP contribution in [0.3, 0.4) is 0 Å². The van der Waals surface area contributed by atoms with Crippen molar-refractivity contribution in [3.05, 3.63) is 83.5 Å². The second-order valence-electron chi connectivity index (χ2n) is 9.00. The maximum atomic E-state index is 13.1. The van der Waals surface area contributed by atoms with Gasteiger partial charge in [0.1, 0.15) is 0 Å². The van der Waals surface area contributed by atoms with Crippen LogP contribution in [0.25, 0.3) is 22.3 Å². The number of rotatable bonds is 5. The third kappa shape index (κ3) is 5.35. The molecule has 4 aromatic rings. The van der Waals surface area contributed by atoms with Gasteiger partial charge in [0.15, 0.2) is 0 Å². The van der Waals surface area contributed by atoms with Crippen LogP contribution >= 0.6 is 11.6 Å². The van der Waals surface area contributed by atoms with Crippen molar-refractivity contribution in [1.29, 1.82) is 0 Å². The summed E-state index contributed by atoms with van der Waals surface area (Å²) in [6.07, 6.45) is 1.27. The molecule has 1 N–H and O–H groups in total. The number of nitrogens with zero attached hydrogens (tertiary/aromatic N) is 3. The largest absolute Gasteiger partial charge is 0.373 e. The number of hydrogen-bond donors (Lipinski definition) is 1. The molecule has 37 heavy (non-hydrogen) atoms. The molecule has 1 saturated heterocycles. The monoisotopic (exact) mass is 536 g/mol. The molecule has 1 aliphatic rings. The summed E-state index contributed by atoms with van der Waals surface area (Å²) in [4.78, 5) is 22.1. The molecule has 8 nitrogen and oxygen atoms in total. The second-order valence-corrected chi connectivity index (χ2v) is 11.3. The Morgan fingerprint density at radius 2 is 1.68 bits per heavy atom. The number of aromatic nitrogens is 2. The highest BCUT2D eigenvalue weighted by atomic mass is 35.5. The summed E-state index contributed by atoms with van der Waals surface area (Å²) in [5.41, 5.74) is 3.57. The fourth-order valence-electron chi connectivity index (χ4n) is 4.34. The Morgan fingerprint density at radius 1 is 1.00 bits per heavy atom. The Kier molecular flexibility index (Phi) is 6.96. The molecule has 2 unspecified atom stereocenters. The number of benzene rings is 3. The van der Waals surface area contributed by atoms with Crippen LogP contribution in [0.2, 0.25) is 5.02 Å². The van der Waals surface area contributed by atoms with Crippen LogP contribution in [0.5, 0.6) is 0 Å². The lowest BCUT2D eigenvalue weighted by molar-refractivity contribution is -0.0440. The third-order valence-electron chi connectivity index (χ3n) is 6.09. The van der Waals surface area contributed by atoms with Gasteiger partial charge in [-0.2, -0.15) is 4.31 Å². The van der Waals surface area contributed by atoms with Crippen LogP contribution in [-0.2, 0) is 14.8 Å². The molecular formula is C27H25ClN4O4S. The van der Waals surface area contributed by atoms with Gasteiger partial charge in [-0.25, -0.2) is 13.4 Å². The summed E-state index contributed by atoms with van der Waals surface area (Å²) in [5.74, 6) is -0.379. The molecule has 1 aliphatic heterocycles. The maximum absolute atomic E-state index is 13.1. The number of carbonyl (C=O) groups is 1. The predicted molar refractivity (Wildman–Crippen MR) is 143 cm³/mol. The maximum Gasteiger partial charge on any atom is 0.255 e. The van der Waals surface area contributed by atoms with Crippen LogP contribution in [0.1, 0.15) is 24.2 Å². The van der Waals surface area contributed by atoms with Gasteiger partial charge in [0.25, 0.3) is 5.91 Å². The molecule has 0 aliphatic carbocycles. The Balaban J connectivity index is 1.34. The van der Waals surface area contributed by atoms with Crippen molar-refractivity contribution in [2.24, 2.45) is 0 Å². The lowest BCUT2D eigenvalue weighted by Gasteiger charge is -2.34. The zero-order chi connectivity index (χ0) is 26.2. The number of hydrogen-bond acceptors (Lipinski definition) is 6. The van der Waals surface area contributed by atoms with E-state index in [1.54, 1.807) is 24.4 Å². The van der Waals surface area contributed by atoms with Crippen LogP contribution in [0.15, 0.2) is 77.8 Å².